The van der Waals surface area contributed by atoms with Crippen molar-refractivity contribution in [2.75, 3.05) is 0 Å². The molecule has 0 aliphatic heterocycles. The average molecular weight is 121 g/mol. The Hall–Kier alpha value is -0.520. The summed E-state index contributed by atoms with van der Waals surface area (Å²) in [5.74, 6) is 0. The highest BCUT2D eigenvalue weighted by molar-refractivity contribution is 5.17. The topological polar surface area (TPSA) is 0 Å². The zero-order chi connectivity index (χ0) is 6.91. The molecule has 0 N–H and O–H groups in total. The monoisotopic (exact) mass is 121 g/mol. The Morgan fingerprint density at radius 2 is 2.22 bits per heavy atom. The van der Waals surface area contributed by atoms with E-state index in [1.165, 1.54) is 5.57 Å². The summed E-state index contributed by atoms with van der Waals surface area (Å²) in [7, 11) is 0. The second kappa shape index (κ2) is 2.02. The van der Waals surface area contributed by atoms with E-state index < -0.39 is 0 Å². The minimum atomic E-state index is 0.277. The van der Waals surface area contributed by atoms with Crippen LogP contribution in [0.3, 0.4) is 0 Å². The SMILES string of the molecule is CC1=CC=[C]C(C)(C)C1. The van der Waals surface area contributed by atoms with Gasteiger partial charge in [-0.2, -0.15) is 0 Å². The van der Waals surface area contributed by atoms with Crippen molar-refractivity contribution in [2.24, 2.45) is 5.41 Å². The molecule has 0 saturated carbocycles. The largest absolute Gasteiger partial charge is 0.0725 e. The first kappa shape index (κ1) is 6.60. The third kappa shape index (κ3) is 1.70. The summed E-state index contributed by atoms with van der Waals surface area (Å²) in [6.07, 6.45) is 8.60. The molecular weight excluding hydrogens is 108 g/mol. The summed E-state index contributed by atoms with van der Waals surface area (Å²) in [5, 5.41) is 0. The Labute approximate surface area is 57.3 Å². The molecule has 0 saturated heterocycles. The summed E-state index contributed by atoms with van der Waals surface area (Å²) < 4.78 is 0. The van der Waals surface area contributed by atoms with Gasteiger partial charge in [-0.15, -0.1) is 0 Å². The van der Waals surface area contributed by atoms with Gasteiger partial charge in [-0.1, -0.05) is 31.6 Å². The molecule has 1 rings (SSSR count). The van der Waals surface area contributed by atoms with Crippen LogP contribution in [0.25, 0.3) is 0 Å². The van der Waals surface area contributed by atoms with Gasteiger partial charge in [0.05, 0.1) is 0 Å². The minimum Gasteiger partial charge on any atom is -0.0725 e. The van der Waals surface area contributed by atoms with Gasteiger partial charge < -0.3 is 0 Å². The molecule has 0 amide bonds. The molecule has 0 heteroatoms. The zero-order valence-corrected chi connectivity index (χ0v) is 6.36. The van der Waals surface area contributed by atoms with E-state index in [1.54, 1.807) is 0 Å². The third-order valence-corrected chi connectivity index (χ3v) is 1.56. The van der Waals surface area contributed by atoms with Gasteiger partial charge in [-0.05, 0) is 24.8 Å². The van der Waals surface area contributed by atoms with E-state index in [0.717, 1.165) is 6.42 Å². The molecule has 0 unspecified atom stereocenters. The fourth-order valence-electron chi connectivity index (χ4n) is 1.22. The molecule has 0 nitrogen and oxygen atoms in total. The highest BCUT2D eigenvalue weighted by Crippen LogP contribution is 2.28. The second-order valence-electron chi connectivity index (χ2n) is 3.38. The molecule has 1 radical (unpaired) electrons. The average Bonchev–Trinajstić information content (AvgIpc) is 1.60. The van der Waals surface area contributed by atoms with Crippen molar-refractivity contribution in [1.82, 2.24) is 0 Å². The summed E-state index contributed by atoms with van der Waals surface area (Å²) in [6.45, 7) is 6.58. The Kier molecular flexibility index (Phi) is 1.48. The fourth-order valence-corrected chi connectivity index (χ4v) is 1.22. The summed E-state index contributed by atoms with van der Waals surface area (Å²) in [4.78, 5) is 0. The number of allylic oxidation sites excluding steroid dienone is 4. The van der Waals surface area contributed by atoms with Gasteiger partial charge in [0.25, 0.3) is 0 Å². The number of hydrogen-bond acceptors (Lipinski definition) is 0. The van der Waals surface area contributed by atoms with E-state index in [4.69, 9.17) is 0 Å². The van der Waals surface area contributed by atoms with Gasteiger partial charge in [-0.25, -0.2) is 0 Å². The van der Waals surface area contributed by atoms with E-state index in [2.05, 4.69) is 32.9 Å². The first-order chi connectivity index (χ1) is 4.10. The van der Waals surface area contributed by atoms with Gasteiger partial charge >= 0.3 is 0 Å². The first-order valence-corrected chi connectivity index (χ1v) is 3.37. The predicted molar refractivity (Wildman–Crippen MR) is 40.0 cm³/mol. The van der Waals surface area contributed by atoms with Crippen LogP contribution in [0.4, 0.5) is 0 Å². The molecule has 1 aliphatic rings. The van der Waals surface area contributed by atoms with Gasteiger partial charge in [0.15, 0.2) is 0 Å². The smallest absolute Gasteiger partial charge is 0.00635 e. The molecule has 0 atom stereocenters. The minimum absolute atomic E-state index is 0.277. The van der Waals surface area contributed by atoms with Crippen molar-refractivity contribution in [3.63, 3.8) is 0 Å². The van der Waals surface area contributed by atoms with Crippen molar-refractivity contribution >= 4 is 0 Å². The molecule has 0 fully saturated rings. The third-order valence-electron chi connectivity index (χ3n) is 1.56. The second-order valence-corrected chi connectivity index (χ2v) is 3.38. The summed E-state index contributed by atoms with van der Waals surface area (Å²) in [5.41, 5.74) is 1.73. The van der Waals surface area contributed by atoms with Crippen molar-refractivity contribution in [2.45, 2.75) is 27.2 Å². The fraction of sp³-hybridized carbons (Fsp3) is 0.556. The maximum absolute atomic E-state index is 3.29. The lowest BCUT2D eigenvalue weighted by molar-refractivity contribution is 0.452. The molecule has 1 aliphatic carbocycles. The molecule has 0 aromatic rings. The molecule has 49 valence electrons. The normalized spacial score (nSPS) is 23.7. The van der Waals surface area contributed by atoms with Crippen LogP contribution < -0.4 is 0 Å². The van der Waals surface area contributed by atoms with E-state index in [9.17, 15) is 0 Å². The van der Waals surface area contributed by atoms with Crippen LogP contribution in [0.15, 0.2) is 17.7 Å². The molecule has 0 aromatic carbocycles. The Balaban J connectivity index is 2.73. The number of rotatable bonds is 0. The van der Waals surface area contributed by atoms with E-state index in [1.807, 2.05) is 6.08 Å². The van der Waals surface area contributed by atoms with Crippen LogP contribution in [-0.2, 0) is 0 Å². The first-order valence-electron chi connectivity index (χ1n) is 3.37. The molecule has 9 heavy (non-hydrogen) atoms. The Morgan fingerprint density at radius 3 is 2.56 bits per heavy atom. The highest BCUT2D eigenvalue weighted by atomic mass is 14.2. The maximum Gasteiger partial charge on any atom is -0.00635 e. The molecule has 0 spiro atoms. The quantitative estimate of drug-likeness (QED) is 0.462. The zero-order valence-electron chi connectivity index (χ0n) is 6.36. The van der Waals surface area contributed by atoms with Crippen LogP contribution in [0.5, 0.6) is 0 Å². The summed E-state index contributed by atoms with van der Waals surface area (Å²) in [6, 6.07) is 0. The van der Waals surface area contributed by atoms with Crippen molar-refractivity contribution in [1.29, 1.82) is 0 Å². The van der Waals surface area contributed by atoms with E-state index in [0.29, 0.717) is 0 Å². The molecular formula is C9H13. The summed E-state index contributed by atoms with van der Waals surface area (Å²) >= 11 is 0. The molecule has 0 heterocycles. The van der Waals surface area contributed by atoms with Gasteiger partial charge in [0.1, 0.15) is 0 Å². The van der Waals surface area contributed by atoms with Crippen LogP contribution in [0.2, 0.25) is 0 Å². The van der Waals surface area contributed by atoms with E-state index in [-0.39, 0.29) is 5.41 Å². The van der Waals surface area contributed by atoms with Crippen LogP contribution in [-0.4, -0.2) is 0 Å². The van der Waals surface area contributed by atoms with E-state index >= 15 is 0 Å². The lowest BCUT2D eigenvalue weighted by atomic mass is 9.83. The molecule has 0 bridgehead atoms. The maximum atomic E-state index is 3.29. The lowest BCUT2D eigenvalue weighted by Gasteiger charge is -2.22. The van der Waals surface area contributed by atoms with Crippen molar-refractivity contribution < 1.29 is 0 Å². The highest BCUT2D eigenvalue weighted by Gasteiger charge is 2.16. The van der Waals surface area contributed by atoms with Crippen molar-refractivity contribution in [3.8, 4) is 0 Å². The van der Waals surface area contributed by atoms with Crippen LogP contribution in [0, 0.1) is 11.5 Å². The lowest BCUT2D eigenvalue weighted by Crippen LogP contribution is -2.10. The van der Waals surface area contributed by atoms with Gasteiger partial charge in [-0.3, -0.25) is 0 Å². The van der Waals surface area contributed by atoms with Crippen molar-refractivity contribution in [3.05, 3.63) is 23.8 Å². The Bertz CT molecular complexity index is 159. The van der Waals surface area contributed by atoms with Gasteiger partial charge in [0, 0.05) is 0 Å². The molecule has 0 aromatic heterocycles. The standard InChI is InChI=1S/C9H13/c1-8-5-4-6-9(2,3)7-8/h4-5H,7H2,1-3H3. The number of hydrogen-bond donors (Lipinski definition) is 0. The van der Waals surface area contributed by atoms with Crippen LogP contribution >= 0.6 is 0 Å². The predicted octanol–water partition coefficient (Wildman–Crippen LogP) is 2.72. The Morgan fingerprint density at radius 1 is 1.56 bits per heavy atom. The van der Waals surface area contributed by atoms with Gasteiger partial charge in [0.2, 0.25) is 0 Å². The van der Waals surface area contributed by atoms with Crippen LogP contribution in [0.1, 0.15) is 27.2 Å².